The lowest BCUT2D eigenvalue weighted by Gasteiger charge is -1.91. The molecule has 2 rings (SSSR count). The molecule has 0 N–H and O–H groups in total. The first-order valence-electron chi connectivity index (χ1n) is 3.55. The summed E-state index contributed by atoms with van der Waals surface area (Å²) in [6.07, 6.45) is 0.518. The van der Waals surface area contributed by atoms with E-state index in [1.165, 1.54) is 0 Å². The second-order valence-corrected chi connectivity index (χ2v) is 3.90. The predicted molar refractivity (Wildman–Crippen MR) is 52.2 cm³/mol. The number of halogens is 2. The van der Waals surface area contributed by atoms with Crippen LogP contribution in [-0.2, 0) is 0 Å². The highest BCUT2D eigenvalue weighted by Crippen LogP contribution is 2.33. The largest absolute Gasteiger partial charge is 0.298 e. The van der Waals surface area contributed by atoms with Crippen molar-refractivity contribution in [2.24, 2.45) is 0 Å². The van der Waals surface area contributed by atoms with Gasteiger partial charge >= 0.3 is 0 Å². The number of fused-ring (bicyclic) bond motifs is 1. The van der Waals surface area contributed by atoms with Gasteiger partial charge < -0.3 is 0 Å². The monoisotopic (exact) mass is 214 g/mol. The van der Waals surface area contributed by atoms with E-state index in [0.29, 0.717) is 21.4 Å². The minimum atomic E-state index is -0.474. The van der Waals surface area contributed by atoms with Crippen molar-refractivity contribution in [2.75, 3.05) is 0 Å². The van der Waals surface area contributed by atoms with E-state index in [2.05, 4.69) is 0 Å². The average Bonchev–Trinajstić information content (AvgIpc) is 2.43. The van der Waals surface area contributed by atoms with E-state index in [-0.39, 0.29) is 5.56 Å². The van der Waals surface area contributed by atoms with Crippen LogP contribution in [0.1, 0.15) is 10.4 Å². The Bertz CT molecular complexity index is 478. The van der Waals surface area contributed by atoms with Gasteiger partial charge in [-0.25, -0.2) is 0 Å². The number of thiophene rings is 1. The number of benzene rings is 1. The molecule has 0 radical (unpaired) electrons. The van der Waals surface area contributed by atoms with Gasteiger partial charge in [-0.2, -0.15) is 4.39 Å². The normalized spacial score (nSPS) is 10.6. The highest BCUT2D eigenvalue weighted by atomic mass is 35.5. The summed E-state index contributed by atoms with van der Waals surface area (Å²) >= 11 is 6.73. The summed E-state index contributed by atoms with van der Waals surface area (Å²) in [6.45, 7) is 0. The maximum atomic E-state index is 13.1. The van der Waals surface area contributed by atoms with Crippen LogP contribution in [0.4, 0.5) is 4.39 Å². The van der Waals surface area contributed by atoms with Gasteiger partial charge in [0, 0.05) is 5.39 Å². The van der Waals surface area contributed by atoms with Crippen molar-refractivity contribution < 1.29 is 9.18 Å². The van der Waals surface area contributed by atoms with Crippen LogP contribution in [0.5, 0.6) is 0 Å². The number of carbonyl (C=O) groups is 1. The fourth-order valence-corrected chi connectivity index (χ4v) is 2.38. The Balaban J connectivity index is 2.93. The molecule has 0 saturated carbocycles. The van der Waals surface area contributed by atoms with Gasteiger partial charge in [0.15, 0.2) is 11.4 Å². The summed E-state index contributed by atoms with van der Waals surface area (Å²) < 4.78 is 13.7. The lowest BCUT2D eigenvalue weighted by Crippen LogP contribution is -1.78. The average molecular weight is 215 g/mol. The lowest BCUT2D eigenvalue weighted by atomic mass is 10.2. The van der Waals surface area contributed by atoms with Crippen LogP contribution in [-0.4, -0.2) is 6.29 Å². The Morgan fingerprint density at radius 1 is 1.46 bits per heavy atom. The van der Waals surface area contributed by atoms with E-state index in [0.717, 1.165) is 11.3 Å². The summed E-state index contributed by atoms with van der Waals surface area (Å²) in [5.74, 6) is 0. The SMILES string of the molecule is O=Cc1c(F)sc2c(Cl)cccc12. The molecule has 66 valence electrons. The molecule has 0 unspecified atom stereocenters. The molecule has 0 aliphatic carbocycles. The predicted octanol–water partition coefficient (Wildman–Crippen LogP) is 3.51. The third-order valence-corrected chi connectivity index (χ3v) is 3.25. The smallest absolute Gasteiger partial charge is 0.188 e. The van der Waals surface area contributed by atoms with Crippen molar-refractivity contribution in [3.05, 3.63) is 33.9 Å². The van der Waals surface area contributed by atoms with Crippen LogP contribution < -0.4 is 0 Å². The number of rotatable bonds is 1. The first-order chi connectivity index (χ1) is 6.24. The first kappa shape index (κ1) is 8.66. The third kappa shape index (κ3) is 1.24. The standard InChI is InChI=1S/C9H4ClFOS/c10-7-3-1-2-5-6(4-12)9(11)13-8(5)7/h1-4H. The highest BCUT2D eigenvalue weighted by Gasteiger charge is 2.12. The summed E-state index contributed by atoms with van der Waals surface area (Å²) in [7, 11) is 0. The molecule has 0 spiro atoms. The Morgan fingerprint density at radius 3 is 2.92 bits per heavy atom. The fraction of sp³-hybridized carbons (Fsp3) is 0. The van der Waals surface area contributed by atoms with E-state index in [4.69, 9.17) is 11.6 Å². The van der Waals surface area contributed by atoms with E-state index in [1.54, 1.807) is 18.2 Å². The van der Waals surface area contributed by atoms with Gasteiger partial charge in [-0.05, 0) is 6.07 Å². The molecular formula is C9H4ClFOS. The zero-order chi connectivity index (χ0) is 9.42. The van der Waals surface area contributed by atoms with Crippen LogP contribution >= 0.6 is 22.9 Å². The Morgan fingerprint density at radius 2 is 2.23 bits per heavy atom. The molecule has 0 bridgehead atoms. The molecule has 0 atom stereocenters. The van der Waals surface area contributed by atoms with Gasteiger partial charge in [-0.1, -0.05) is 23.7 Å². The van der Waals surface area contributed by atoms with Crippen molar-refractivity contribution in [1.82, 2.24) is 0 Å². The fourth-order valence-electron chi connectivity index (χ4n) is 1.18. The Kier molecular flexibility index (Phi) is 2.06. The molecule has 0 saturated heterocycles. The van der Waals surface area contributed by atoms with Crippen LogP contribution in [0.2, 0.25) is 5.02 Å². The van der Waals surface area contributed by atoms with Gasteiger partial charge in [-0.15, -0.1) is 11.3 Å². The maximum Gasteiger partial charge on any atom is 0.188 e. The number of aldehydes is 1. The van der Waals surface area contributed by atoms with Crippen molar-refractivity contribution in [3.8, 4) is 0 Å². The van der Waals surface area contributed by atoms with E-state index in [1.807, 2.05) is 0 Å². The van der Waals surface area contributed by atoms with E-state index in [9.17, 15) is 9.18 Å². The molecule has 0 aliphatic heterocycles. The van der Waals surface area contributed by atoms with Crippen LogP contribution in [0.3, 0.4) is 0 Å². The molecule has 0 fully saturated rings. The van der Waals surface area contributed by atoms with Gasteiger partial charge in [-0.3, -0.25) is 4.79 Å². The minimum Gasteiger partial charge on any atom is -0.298 e. The van der Waals surface area contributed by atoms with Crippen molar-refractivity contribution >= 4 is 39.3 Å². The third-order valence-electron chi connectivity index (χ3n) is 1.78. The van der Waals surface area contributed by atoms with Crippen LogP contribution in [0.25, 0.3) is 10.1 Å². The molecule has 13 heavy (non-hydrogen) atoms. The van der Waals surface area contributed by atoms with Crippen LogP contribution in [0, 0.1) is 5.13 Å². The zero-order valence-electron chi connectivity index (χ0n) is 6.38. The summed E-state index contributed by atoms with van der Waals surface area (Å²) in [6, 6.07) is 5.06. The topological polar surface area (TPSA) is 17.1 Å². The Labute approximate surface area is 82.7 Å². The molecule has 0 amide bonds. The molecular weight excluding hydrogens is 211 g/mol. The summed E-state index contributed by atoms with van der Waals surface area (Å²) in [4.78, 5) is 10.5. The molecule has 1 aromatic carbocycles. The number of carbonyl (C=O) groups excluding carboxylic acids is 1. The molecule has 1 nitrogen and oxygen atoms in total. The quantitative estimate of drug-likeness (QED) is 0.664. The van der Waals surface area contributed by atoms with Gasteiger partial charge in [0.1, 0.15) is 0 Å². The molecule has 1 aromatic heterocycles. The highest BCUT2D eigenvalue weighted by molar-refractivity contribution is 7.18. The van der Waals surface area contributed by atoms with E-state index < -0.39 is 5.13 Å². The zero-order valence-corrected chi connectivity index (χ0v) is 7.95. The Hall–Kier alpha value is -0.930. The molecule has 4 heteroatoms. The number of hydrogen-bond acceptors (Lipinski definition) is 2. The number of hydrogen-bond donors (Lipinski definition) is 0. The first-order valence-corrected chi connectivity index (χ1v) is 4.75. The van der Waals surface area contributed by atoms with Gasteiger partial charge in [0.2, 0.25) is 0 Å². The summed E-state index contributed by atoms with van der Waals surface area (Å²) in [5.41, 5.74) is 0.0995. The second kappa shape index (κ2) is 3.09. The second-order valence-electron chi connectivity index (χ2n) is 2.52. The van der Waals surface area contributed by atoms with Crippen molar-refractivity contribution in [2.45, 2.75) is 0 Å². The van der Waals surface area contributed by atoms with Crippen molar-refractivity contribution in [1.29, 1.82) is 0 Å². The molecule has 2 aromatic rings. The van der Waals surface area contributed by atoms with Gasteiger partial charge in [0.05, 0.1) is 15.3 Å². The summed E-state index contributed by atoms with van der Waals surface area (Å²) in [5, 5.41) is 0.595. The van der Waals surface area contributed by atoms with E-state index >= 15 is 0 Å². The lowest BCUT2D eigenvalue weighted by molar-refractivity contribution is 0.112. The molecule has 0 aliphatic rings. The minimum absolute atomic E-state index is 0.0995. The van der Waals surface area contributed by atoms with Gasteiger partial charge in [0.25, 0.3) is 0 Å². The van der Waals surface area contributed by atoms with Crippen molar-refractivity contribution in [3.63, 3.8) is 0 Å². The molecule has 1 heterocycles. The maximum absolute atomic E-state index is 13.1. The van der Waals surface area contributed by atoms with Crippen LogP contribution in [0.15, 0.2) is 18.2 Å².